The molecule has 0 aromatic heterocycles. The summed E-state index contributed by atoms with van der Waals surface area (Å²) in [5.41, 5.74) is 0. The summed E-state index contributed by atoms with van der Waals surface area (Å²) in [7, 11) is 0. The minimum atomic E-state index is -0.0628. The van der Waals surface area contributed by atoms with Crippen LogP contribution >= 0.6 is 0 Å². The Morgan fingerprint density at radius 2 is 1.95 bits per heavy atom. The zero-order valence-electron chi connectivity index (χ0n) is 12.4. The Hall–Kier alpha value is -1.09. The Kier molecular flexibility index (Phi) is 6.31. The van der Waals surface area contributed by atoms with Crippen LogP contribution in [0.2, 0.25) is 0 Å². The van der Waals surface area contributed by atoms with E-state index in [1.54, 1.807) is 0 Å². The van der Waals surface area contributed by atoms with Crippen molar-refractivity contribution in [3.8, 4) is 0 Å². The summed E-state index contributed by atoms with van der Waals surface area (Å²) >= 11 is 0. The maximum atomic E-state index is 11.7. The minimum absolute atomic E-state index is 0.0521. The van der Waals surface area contributed by atoms with Gasteiger partial charge in [0.15, 0.2) is 0 Å². The lowest BCUT2D eigenvalue weighted by atomic mass is 10.0. The first kappa shape index (κ1) is 15.3. The fourth-order valence-electron chi connectivity index (χ4n) is 2.59. The topological polar surface area (TPSA) is 38.8 Å². The number of carbonyl (C=O) groups is 1. The van der Waals surface area contributed by atoms with Crippen molar-refractivity contribution in [1.82, 2.24) is 0 Å². The number of esters is 1. The maximum Gasteiger partial charge on any atom is 0.306 e. The number of carbonyl (C=O) groups excluding carboxylic acids is 1. The van der Waals surface area contributed by atoms with Gasteiger partial charge in [-0.25, -0.2) is 0 Å². The van der Waals surface area contributed by atoms with E-state index in [9.17, 15) is 4.79 Å². The molecule has 0 aromatic rings. The highest BCUT2D eigenvalue weighted by Gasteiger charge is 2.35. The molecule has 2 rings (SSSR count). The van der Waals surface area contributed by atoms with Gasteiger partial charge in [-0.15, -0.1) is 0 Å². The molecule has 112 valence electrons. The van der Waals surface area contributed by atoms with Gasteiger partial charge in [-0.2, -0.15) is 0 Å². The van der Waals surface area contributed by atoms with Crippen LogP contribution in [0.1, 0.15) is 58.3 Å². The minimum Gasteiger partial charge on any atom is -0.458 e. The van der Waals surface area contributed by atoms with Crippen molar-refractivity contribution in [2.75, 3.05) is 0 Å². The van der Waals surface area contributed by atoms with E-state index >= 15 is 0 Å². The van der Waals surface area contributed by atoms with Crippen molar-refractivity contribution in [3.05, 3.63) is 24.3 Å². The molecule has 2 aliphatic rings. The number of allylic oxidation sites excluding steroid dienone is 1. The van der Waals surface area contributed by atoms with E-state index in [-0.39, 0.29) is 18.2 Å². The molecule has 0 spiro atoms. The molecule has 2 heterocycles. The lowest BCUT2D eigenvalue weighted by Crippen LogP contribution is -2.17. The third-order valence-electron chi connectivity index (χ3n) is 3.89. The molecule has 3 nitrogen and oxygen atoms in total. The Balaban J connectivity index is 1.78. The zero-order chi connectivity index (χ0) is 14.2. The molecule has 0 saturated carbocycles. The highest BCUT2D eigenvalue weighted by atomic mass is 16.6. The van der Waals surface area contributed by atoms with E-state index in [0.29, 0.717) is 12.5 Å². The van der Waals surface area contributed by atoms with Gasteiger partial charge in [-0.1, -0.05) is 37.5 Å². The second-order valence-electron chi connectivity index (χ2n) is 5.66. The van der Waals surface area contributed by atoms with Gasteiger partial charge in [0.05, 0.1) is 6.10 Å². The number of rotatable bonds is 4. The Morgan fingerprint density at radius 3 is 2.80 bits per heavy atom. The van der Waals surface area contributed by atoms with Crippen molar-refractivity contribution in [2.24, 2.45) is 0 Å². The van der Waals surface area contributed by atoms with Gasteiger partial charge in [-0.3, -0.25) is 4.79 Å². The molecule has 0 aliphatic carbocycles. The monoisotopic (exact) mass is 278 g/mol. The lowest BCUT2D eigenvalue weighted by molar-refractivity contribution is -0.147. The highest BCUT2D eigenvalue weighted by Crippen LogP contribution is 2.27. The molecule has 0 amide bonds. The lowest BCUT2D eigenvalue weighted by Gasteiger charge is -2.16. The molecule has 2 saturated heterocycles. The van der Waals surface area contributed by atoms with Crippen LogP contribution in [-0.4, -0.2) is 24.3 Å². The summed E-state index contributed by atoms with van der Waals surface area (Å²) in [5.74, 6) is -0.0521. The number of hydrogen-bond donors (Lipinski definition) is 0. The average molecular weight is 278 g/mol. The van der Waals surface area contributed by atoms with Crippen molar-refractivity contribution in [3.63, 3.8) is 0 Å². The summed E-state index contributed by atoms with van der Waals surface area (Å²) < 4.78 is 11.1. The van der Waals surface area contributed by atoms with E-state index in [4.69, 9.17) is 9.47 Å². The molecule has 0 N–H and O–H groups in total. The van der Waals surface area contributed by atoms with Gasteiger partial charge < -0.3 is 9.47 Å². The van der Waals surface area contributed by atoms with E-state index in [2.05, 4.69) is 12.2 Å². The highest BCUT2D eigenvalue weighted by molar-refractivity contribution is 5.69. The van der Waals surface area contributed by atoms with E-state index in [1.165, 1.54) is 12.8 Å². The third kappa shape index (κ3) is 5.49. The SMILES string of the molecule is C/C=C\C[C@@H]1O[C@H]1/C=C/C1CCCCCCCC(=O)O1. The molecule has 0 radical (unpaired) electrons. The average Bonchev–Trinajstić information content (AvgIpc) is 3.20. The number of epoxide rings is 1. The fourth-order valence-corrected chi connectivity index (χ4v) is 2.59. The summed E-state index contributed by atoms with van der Waals surface area (Å²) in [4.78, 5) is 11.7. The summed E-state index contributed by atoms with van der Waals surface area (Å²) in [5, 5.41) is 0. The van der Waals surface area contributed by atoms with Gasteiger partial charge in [-0.05, 0) is 38.7 Å². The Labute approximate surface area is 122 Å². The van der Waals surface area contributed by atoms with E-state index in [1.807, 2.05) is 19.1 Å². The van der Waals surface area contributed by atoms with Crippen LogP contribution in [0, 0.1) is 0 Å². The molecule has 2 aliphatic heterocycles. The zero-order valence-corrected chi connectivity index (χ0v) is 12.4. The number of ether oxygens (including phenoxy) is 2. The second kappa shape index (κ2) is 8.25. The van der Waals surface area contributed by atoms with Gasteiger partial charge in [0, 0.05) is 6.42 Å². The third-order valence-corrected chi connectivity index (χ3v) is 3.89. The van der Waals surface area contributed by atoms with Crippen molar-refractivity contribution in [1.29, 1.82) is 0 Å². The van der Waals surface area contributed by atoms with Crippen molar-refractivity contribution >= 4 is 5.97 Å². The quantitative estimate of drug-likeness (QED) is 0.444. The maximum absolute atomic E-state index is 11.7. The molecule has 3 heteroatoms. The van der Waals surface area contributed by atoms with Crippen LogP contribution in [0.3, 0.4) is 0 Å². The van der Waals surface area contributed by atoms with Crippen molar-refractivity contribution in [2.45, 2.75) is 76.6 Å². The van der Waals surface area contributed by atoms with Gasteiger partial charge >= 0.3 is 5.97 Å². The first-order valence-corrected chi connectivity index (χ1v) is 7.94. The summed E-state index contributed by atoms with van der Waals surface area (Å²) in [6.07, 6.45) is 16.9. The van der Waals surface area contributed by atoms with Gasteiger partial charge in [0.25, 0.3) is 0 Å². The number of hydrogen-bond acceptors (Lipinski definition) is 3. The van der Waals surface area contributed by atoms with Crippen LogP contribution in [0.25, 0.3) is 0 Å². The molecule has 2 fully saturated rings. The van der Waals surface area contributed by atoms with Gasteiger partial charge in [0.2, 0.25) is 0 Å². The van der Waals surface area contributed by atoms with Crippen LogP contribution in [0.15, 0.2) is 24.3 Å². The predicted octanol–water partition coefficient (Wildman–Crippen LogP) is 3.93. The standard InChI is InChI=1S/C17H26O3/c1-2-3-10-15-16(20-15)13-12-14-9-7-5-4-6-8-11-17(18)19-14/h2-3,12-16H,4-11H2,1H3/b3-2-,13-12+/t14?,15-,16-/m0/s1. The molecular formula is C17H26O3. The van der Waals surface area contributed by atoms with Crippen molar-refractivity contribution < 1.29 is 14.3 Å². The molecule has 0 aromatic carbocycles. The molecular weight excluding hydrogens is 252 g/mol. The van der Waals surface area contributed by atoms with Crippen LogP contribution in [0.5, 0.6) is 0 Å². The van der Waals surface area contributed by atoms with E-state index in [0.717, 1.165) is 32.1 Å². The predicted molar refractivity (Wildman–Crippen MR) is 79.4 cm³/mol. The first-order valence-electron chi connectivity index (χ1n) is 7.94. The molecule has 3 atom stereocenters. The van der Waals surface area contributed by atoms with Crippen LogP contribution in [0.4, 0.5) is 0 Å². The number of cyclic esters (lactones) is 1. The summed E-state index contributed by atoms with van der Waals surface area (Å²) in [6, 6.07) is 0. The Bertz CT molecular complexity index is 359. The molecule has 1 unspecified atom stereocenters. The molecule has 20 heavy (non-hydrogen) atoms. The van der Waals surface area contributed by atoms with Crippen LogP contribution in [-0.2, 0) is 14.3 Å². The van der Waals surface area contributed by atoms with E-state index < -0.39 is 0 Å². The summed E-state index contributed by atoms with van der Waals surface area (Å²) in [6.45, 7) is 2.02. The smallest absolute Gasteiger partial charge is 0.306 e. The fraction of sp³-hybridized carbons (Fsp3) is 0.706. The Morgan fingerprint density at radius 1 is 1.15 bits per heavy atom. The van der Waals surface area contributed by atoms with Gasteiger partial charge in [0.1, 0.15) is 12.2 Å². The largest absolute Gasteiger partial charge is 0.458 e. The second-order valence-corrected chi connectivity index (χ2v) is 5.66. The normalized spacial score (nSPS) is 32.5. The molecule has 0 bridgehead atoms. The van der Waals surface area contributed by atoms with Crippen LogP contribution < -0.4 is 0 Å². The first-order chi connectivity index (χ1) is 9.79.